The fourth-order valence-corrected chi connectivity index (χ4v) is 5.48. The molecule has 0 amide bonds. The second-order valence-electron chi connectivity index (χ2n) is 9.54. The largest absolute Gasteiger partial charge is 2.00 e. The number of aryl methyl sites for hydroxylation is 2. The van der Waals surface area contributed by atoms with Gasteiger partial charge in [-0.1, -0.05) is 70.1 Å². The maximum absolute atomic E-state index is 6.33. The molecule has 0 N–H and O–H groups in total. The third-order valence-corrected chi connectivity index (χ3v) is 7.40. The van der Waals surface area contributed by atoms with Crippen LogP contribution >= 0.6 is 0 Å². The predicted molar refractivity (Wildman–Crippen MR) is 148 cm³/mol. The number of fused-ring (bicyclic) bond motifs is 12. The molecule has 8 aromatic rings. The van der Waals surface area contributed by atoms with Gasteiger partial charge in [0.25, 0.3) is 0 Å². The topological polar surface area (TPSA) is 43.8 Å². The molecule has 0 aliphatic heterocycles. The van der Waals surface area contributed by atoms with Gasteiger partial charge in [0.2, 0.25) is 0 Å². The number of rotatable bonds is 2. The van der Waals surface area contributed by atoms with Crippen LogP contribution in [0.15, 0.2) is 85.5 Å². The van der Waals surface area contributed by atoms with Crippen molar-refractivity contribution in [2.24, 2.45) is 0 Å². The molecule has 0 fully saturated rings. The van der Waals surface area contributed by atoms with Crippen molar-refractivity contribution in [1.29, 1.82) is 0 Å². The molecule has 0 saturated heterocycles. The third-order valence-electron chi connectivity index (χ3n) is 7.40. The SMILES string of the molecule is Cc1cc2c3ccc(Oc4[c-]c5c(cc4)c4ccccc4n4ccnc54)[c-]c3c3nccn3c2cc1C.[Pt+2]. The van der Waals surface area contributed by atoms with Crippen LogP contribution in [0.25, 0.3) is 54.6 Å². The minimum atomic E-state index is 0. The van der Waals surface area contributed by atoms with Gasteiger partial charge in [-0.3, -0.25) is 9.97 Å². The number of benzene rings is 4. The second-order valence-corrected chi connectivity index (χ2v) is 9.54. The van der Waals surface area contributed by atoms with Gasteiger partial charge in [-0.15, -0.1) is 12.1 Å². The summed E-state index contributed by atoms with van der Waals surface area (Å²) < 4.78 is 10.6. The summed E-state index contributed by atoms with van der Waals surface area (Å²) in [4.78, 5) is 9.27. The first-order valence-corrected chi connectivity index (χ1v) is 12.3. The van der Waals surface area contributed by atoms with Crippen molar-refractivity contribution in [1.82, 2.24) is 18.8 Å². The van der Waals surface area contributed by atoms with Gasteiger partial charge in [0.05, 0.1) is 11.3 Å². The Morgan fingerprint density at radius 2 is 1.21 bits per heavy atom. The van der Waals surface area contributed by atoms with Crippen LogP contribution in [0.2, 0.25) is 0 Å². The minimum Gasteiger partial charge on any atom is -0.497 e. The fourth-order valence-electron chi connectivity index (χ4n) is 5.48. The molecule has 184 valence electrons. The number of para-hydroxylation sites is 1. The average Bonchev–Trinajstić information content (AvgIpc) is 3.61. The number of nitrogens with zero attached hydrogens (tertiary/aromatic N) is 4. The van der Waals surface area contributed by atoms with Gasteiger partial charge < -0.3 is 13.5 Å². The quantitative estimate of drug-likeness (QED) is 0.141. The zero-order chi connectivity index (χ0) is 24.7. The first-order chi connectivity index (χ1) is 18.2. The third kappa shape index (κ3) is 3.22. The van der Waals surface area contributed by atoms with Gasteiger partial charge in [-0.25, -0.2) is 0 Å². The van der Waals surface area contributed by atoms with E-state index in [1.807, 2.05) is 43.0 Å². The van der Waals surface area contributed by atoms with Crippen molar-refractivity contribution >= 4 is 54.6 Å². The van der Waals surface area contributed by atoms with E-state index in [0.29, 0.717) is 11.5 Å². The molecule has 0 aliphatic carbocycles. The summed E-state index contributed by atoms with van der Waals surface area (Å²) >= 11 is 0. The molecule has 4 aromatic heterocycles. The van der Waals surface area contributed by atoms with Crippen LogP contribution in [0.5, 0.6) is 11.5 Å². The number of hydrogen-bond donors (Lipinski definition) is 0. The van der Waals surface area contributed by atoms with Crippen LogP contribution in [0.4, 0.5) is 0 Å². The molecule has 0 unspecified atom stereocenters. The molecule has 0 saturated carbocycles. The van der Waals surface area contributed by atoms with E-state index in [4.69, 9.17) is 4.74 Å². The van der Waals surface area contributed by atoms with Gasteiger partial charge in [0.1, 0.15) is 0 Å². The van der Waals surface area contributed by atoms with E-state index in [0.717, 1.165) is 49.3 Å². The summed E-state index contributed by atoms with van der Waals surface area (Å²) in [5.41, 5.74) is 6.51. The Morgan fingerprint density at radius 3 is 1.89 bits per heavy atom. The molecular formula is C32H20N4OPt. The molecule has 0 spiro atoms. The van der Waals surface area contributed by atoms with Crippen molar-refractivity contribution in [3.63, 3.8) is 0 Å². The van der Waals surface area contributed by atoms with Gasteiger partial charge in [0, 0.05) is 47.3 Å². The zero-order valence-corrected chi connectivity index (χ0v) is 22.9. The molecule has 0 radical (unpaired) electrons. The van der Waals surface area contributed by atoms with E-state index in [-0.39, 0.29) is 21.1 Å². The fraction of sp³-hybridized carbons (Fsp3) is 0.0625. The Balaban J connectivity index is 0.00000242. The number of imidazole rings is 2. The van der Waals surface area contributed by atoms with E-state index in [9.17, 15) is 0 Å². The molecule has 0 aliphatic rings. The van der Waals surface area contributed by atoms with Crippen LogP contribution in [0.1, 0.15) is 11.1 Å². The normalized spacial score (nSPS) is 11.7. The van der Waals surface area contributed by atoms with Gasteiger partial charge in [0.15, 0.2) is 0 Å². The Kier molecular flexibility index (Phi) is 5.07. The van der Waals surface area contributed by atoms with E-state index in [1.165, 1.54) is 16.5 Å². The number of pyridine rings is 2. The Labute approximate surface area is 232 Å². The van der Waals surface area contributed by atoms with Gasteiger partial charge in [-0.2, -0.15) is 0 Å². The summed E-state index contributed by atoms with van der Waals surface area (Å²) in [5, 5.41) is 6.40. The molecule has 0 bridgehead atoms. The molecular weight excluding hydrogens is 651 g/mol. The molecule has 8 rings (SSSR count). The van der Waals surface area contributed by atoms with Crippen LogP contribution < -0.4 is 4.74 Å². The number of aromatic nitrogens is 4. The monoisotopic (exact) mass is 671 g/mol. The van der Waals surface area contributed by atoms with Crippen molar-refractivity contribution < 1.29 is 25.8 Å². The van der Waals surface area contributed by atoms with E-state index in [1.54, 1.807) is 0 Å². The first-order valence-electron chi connectivity index (χ1n) is 12.3. The summed E-state index contributed by atoms with van der Waals surface area (Å²) in [6.07, 6.45) is 7.65. The van der Waals surface area contributed by atoms with Crippen LogP contribution in [0, 0.1) is 26.0 Å². The summed E-state index contributed by atoms with van der Waals surface area (Å²) in [5.74, 6) is 1.24. The van der Waals surface area contributed by atoms with Crippen molar-refractivity contribution in [2.75, 3.05) is 0 Å². The summed E-state index contributed by atoms with van der Waals surface area (Å²) in [6, 6.07) is 27.9. The maximum atomic E-state index is 6.33. The maximum Gasteiger partial charge on any atom is 2.00 e. The number of ether oxygens (including phenoxy) is 1. The van der Waals surface area contributed by atoms with Crippen LogP contribution in [-0.2, 0) is 21.1 Å². The standard InChI is InChI=1S/C32H20N4O.Pt/c1-19-15-26-24-10-8-22(18-28(24)32-34-12-14-36(32)30(26)16-20(19)2)37-21-7-9-23-25-5-3-4-6-29(25)35-13-11-33-31(35)27(23)17-21;/h3-16H,1-2H3;/q-2;+2. The van der Waals surface area contributed by atoms with Crippen LogP contribution in [0.3, 0.4) is 0 Å². The first kappa shape index (κ1) is 22.9. The van der Waals surface area contributed by atoms with Gasteiger partial charge >= 0.3 is 21.1 Å². The molecule has 4 heterocycles. The molecule has 38 heavy (non-hydrogen) atoms. The van der Waals surface area contributed by atoms with Gasteiger partial charge in [-0.05, 0) is 47.9 Å². The van der Waals surface area contributed by atoms with Crippen molar-refractivity contribution in [3.05, 3.63) is 109 Å². The average molecular weight is 672 g/mol. The second kappa shape index (κ2) is 8.40. The Bertz CT molecular complexity index is 2210. The van der Waals surface area contributed by atoms with Crippen molar-refractivity contribution in [3.8, 4) is 11.5 Å². The molecule has 6 heteroatoms. The Morgan fingerprint density at radius 1 is 0.632 bits per heavy atom. The molecule has 5 nitrogen and oxygen atoms in total. The minimum absolute atomic E-state index is 0. The van der Waals surface area contributed by atoms with Crippen LogP contribution in [-0.4, -0.2) is 18.8 Å². The van der Waals surface area contributed by atoms with E-state index < -0.39 is 0 Å². The summed E-state index contributed by atoms with van der Waals surface area (Å²) in [6.45, 7) is 4.29. The van der Waals surface area contributed by atoms with E-state index >= 15 is 0 Å². The molecule has 4 aromatic carbocycles. The number of hydrogen-bond acceptors (Lipinski definition) is 3. The Hall–Kier alpha value is -4.21. The smallest absolute Gasteiger partial charge is 0.497 e. The summed E-state index contributed by atoms with van der Waals surface area (Å²) in [7, 11) is 0. The van der Waals surface area contributed by atoms with E-state index in [2.05, 4.69) is 87.2 Å². The molecule has 0 atom stereocenters. The zero-order valence-electron chi connectivity index (χ0n) is 20.6. The van der Waals surface area contributed by atoms with Crippen molar-refractivity contribution in [2.45, 2.75) is 13.8 Å². The predicted octanol–water partition coefficient (Wildman–Crippen LogP) is 7.60.